The molecule has 3 rings (SSSR count). The van der Waals surface area contributed by atoms with Crippen LogP contribution in [0, 0.1) is 5.92 Å². The Morgan fingerprint density at radius 1 is 1.12 bits per heavy atom. The molecule has 7 nitrogen and oxygen atoms in total. The summed E-state index contributed by atoms with van der Waals surface area (Å²) in [6.45, 7) is 6.67. The van der Waals surface area contributed by atoms with Crippen LogP contribution in [0.2, 0.25) is 0 Å². The highest BCUT2D eigenvalue weighted by Crippen LogP contribution is 2.33. The van der Waals surface area contributed by atoms with Gasteiger partial charge in [0.2, 0.25) is 0 Å². The minimum atomic E-state index is -0.213. The molecule has 2 heterocycles. The van der Waals surface area contributed by atoms with Crippen LogP contribution in [0.25, 0.3) is 11.0 Å². The lowest BCUT2D eigenvalue weighted by Gasteiger charge is -2.22. The number of amides is 2. The number of carbonyl (C=O) groups excluding carboxylic acids is 1. The average molecular weight is 345 g/mol. The van der Waals surface area contributed by atoms with Crippen molar-refractivity contribution in [2.75, 3.05) is 29.9 Å². The summed E-state index contributed by atoms with van der Waals surface area (Å²) in [4.78, 5) is 26.8. The van der Waals surface area contributed by atoms with Gasteiger partial charge in [-0.2, -0.15) is 0 Å². The predicted octanol–water partition coefficient (Wildman–Crippen LogP) is 2.25. The second-order valence-corrected chi connectivity index (χ2v) is 7.18. The van der Waals surface area contributed by atoms with Gasteiger partial charge in [-0.25, -0.2) is 9.59 Å². The van der Waals surface area contributed by atoms with Crippen molar-refractivity contribution in [3.8, 4) is 0 Å². The summed E-state index contributed by atoms with van der Waals surface area (Å²) in [5.41, 5.74) is 3.35. The number of carbonyl (C=O) groups is 1. The number of hydrogen-bond donors (Lipinski definition) is 2. The lowest BCUT2D eigenvalue weighted by atomic mass is 10.2. The summed E-state index contributed by atoms with van der Waals surface area (Å²) in [5, 5.41) is 5.86. The summed E-state index contributed by atoms with van der Waals surface area (Å²) in [7, 11) is 3.53. The number of aromatic nitrogens is 2. The zero-order valence-electron chi connectivity index (χ0n) is 15.4. The first-order chi connectivity index (χ1) is 11.9. The number of anilines is 2. The van der Waals surface area contributed by atoms with Crippen LogP contribution < -0.4 is 21.2 Å². The maximum absolute atomic E-state index is 12.3. The molecule has 0 radical (unpaired) electrons. The van der Waals surface area contributed by atoms with Gasteiger partial charge in [0.15, 0.2) is 0 Å². The fourth-order valence-electron chi connectivity index (χ4n) is 3.32. The van der Waals surface area contributed by atoms with Crippen molar-refractivity contribution in [3.63, 3.8) is 0 Å². The Bertz CT molecular complexity index is 843. The van der Waals surface area contributed by atoms with E-state index in [0.717, 1.165) is 48.3 Å². The number of urea groups is 1. The second kappa shape index (κ2) is 6.82. The van der Waals surface area contributed by atoms with E-state index in [9.17, 15) is 9.59 Å². The van der Waals surface area contributed by atoms with Gasteiger partial charge in [-0.1, -0.05) is 13.8 Å². The quantitative estimate of drug-likeness (QED) is 0.893. The average Bonchev–Trinajstić information content (AvgIpc) is 3.17. The van der Waals surface area contributed by atoms with Crippen molar-refractivity contribution in [2.24, 2.45) is 20.0 Å². The number of hydrogen-bond acceptors (Lipinski definition) is 3. The summed E-state index contributed by atoms with van der Waals surface area (Å²) in [5.74, 6) is 0.390. The number of rotatable bonds is 4. The molecule has 25 heavy (non-hydrogen) atoms. The molecule has 1 aliphatic heterocycles. The van der Waals surface area contributed by atoms with Gasteiger partial charge in [-0.05, 0) is 30.9 Å². The van der Waals surface area contributed by atoms with Crippen molar-refractivity contribution in [2.45, 2.75) is 26.7 Å². The highest BCUT2D eigenvalue weighted by atomic mass is 16.2. The monoisotopic (exact) mass is 345 g/mol. The van der Waals surface area contributed by atoms with Crippen LogP contribution in [0.15, 0.2) is 16.9 Å². The van der Waals surface area contributed by atoms with Crippen molar-refractivity contribution in [1.29, 1.82) is 0 Å². The molecule has 0 atom stereocenters. The van der Waals surface area contributed by atoms with Gasteiger partial charge in [0.05, 0.1) is 22.4 Å². The number of imidazole rings is 1. The predicted molar refractivity (Wildman–Crippen MR) is 101 cm³/mol. The third-order valence-electron chi connectivity index (χ3n) is 4.76. The van der Waals surface area contributed by atoms with Gasteiger partial charge < -0.3 is 15.5 Å². The molecule has 1 aliphatic rings. The SMILES string of the molecule is CC(C)CNC(=O)Nc1cc2c(cc1N1CCCC1)n(C)c(=O)n2C. The van der Waals surface area contributed by atoms with E-state index in [1.807, 2.05) is 12.1 Å². The Kier molecular flexibility index (Phi) is 4.74. The third-order valence-corrected chi connectivity index (χ3v) is 4.76. The van der Waals surface area contributed by atoms with Crippen molar-refractivity contribution < 1.29 is 4.79 Å². The summed E-state index contributed by atoms with van der Waals surface area (Å²) in [6, 6.07) is 3.70. The molecular formula is C18H27N5O2. The van der Waals surface area contributed by atoms with Gasteiger partial charge in [0, 0.05) is 33.7 Å². The Balaban J connectivity index is 2.01. The lowest BCUT2D eigenvalue weighted by molar-refractivity contribution is 0.251. The fourth-order valence-corrected chi connectivity index (χ4v) is 3.32. The van der Waals surface area contributed by atoms with Crippen LogP contribution in [-0.2, 0) is 14.1 Å². The molecule has 1 fully saturated rings. The number of nitrogens with zero attached hydrogens (tertiary/aromatic N) is 3. The molecule has 0 aliphatic carbocycles. The molecule has 0 bridgehead atoms. The summed E-state index contributed by atoms with van der Waals surface area (Å²) >= 11 is 0. The number of nitrogens with one attached hydrogen (secondary N) is 2. The number of benzene rings is 1. The second-order valence-electron chi connectivity index (χ2n) is 7.18. The smallest absolute Gasteiger partial charge is 0.328 e. The standard InChI is InChI=1S/C18H27N5O2/c1-12(2)11-19-17(24)20-13-9-15-16(22(4)18(25)21(15)3)10-14(13)23-7-5-6-8-23/h9-10,12H,5-8,11H2,1-4H3,(H2,19,20,24). The lowest BCUT2D eigenvalue weighted by Crippen LogP contribution is -2.32. The maximum atomic E-state index is 12.3. The van der Waals surface area contributed by atoms with E-state index < -0.39 is 0 Å². The van der Waals surface area contributed by atoms with Crippen molar-refractivity contribution in [3.05, 3.63) is 22.6 Å². The molecule has 1 aromatic heterocycles. The van der Waals surface area contributed by atoms with Gasteiger partial charge >= 0.3 is 11.7 Å². The van der Waals surface area contributed by atoms with E-state index >= 15 is 0 Å². The molecule has 0 unspecified atom stereocenters. The maximum Gasteiger partial charge on any atom is 0.328 e. The highest BCUT2D eigenvalue weighted by molar-refractivity contribution is 5.98. The first kappa shape index (κ1) is 17.4. The molecule has 0 spiro atoms. The normalized spacial score (nSPS) is 14.5. The summed E-state index contributed by atoms with van der Waals surface area (Å²) < 4.78 is 3.26. The van der Waals surface area contributed by atoms with E-state index in [1.54, 1.807) is 23.2 Å². The molecule has 1 aromatic carbocycles. The minimum absolute atomic E-state index is 0.0659. The molecule has 2 aromatic rings. The van der Waals surface area contributed by atoms with E-state index in [1.165, 1.54) is 0 Å². The first-order valence-electron chi connectivity index (χ1n) is 8.87. The van der Waals surface area contributed by atoms with Crippen LogP contribution in [0.1, 0.15) is 26.7 Å². The molecular weight excluding hydrogens is 318 g/mol. The van der Waals surface area contributed by atoms with Gasteiger partial charge in [-0.15, -0.1) is 0 Å². The Morgan fingerprint density at radius 2 is 1.72 bits per heavy atom. The first-order valence-corrected chi connectivity index (χ1v) is 8.87. The molecule has 1 saturated heterocycles. The largest absolute Gasteiger partial charge is 0.370 e. The minimum Gasteiger partial charge on any atom is -0.370 e. The van der Waals surface area contributed by atoms with E-state index in [4.69, 9.17) is 0 Å². The van der Waals surface area contributed by atoms with Crippen LogP contribution >= 0.6 is 0 Å². The molecule has 136 valence electrons. The third kappa shape index (κ3) is 3.36. The van der Waals surface area contributed by atoms with Gasteiger partial charge in [-0.3, -0.25) is 9.13 Å². The highest BCUT2D eigenvalue weighted by Gasteiger charge is 2.20. The van der Waals surface area contributed by atoms with E-state index in [2.05, 4.69) is 29.4 Å². The Labute approximate surface area is 147 Å². The zero-order chi connectivity index (χ0) is 18.1. The van der Waals surface area contributed by atoms with Crippen LogP contribution in [0.5, 0.6) is 0 Å². The summed E-state index contributed by atoms with van der Waals surface area (Å²) in [6.07, 6.45) is 2.29. The van der Waals surface area contributed by atoms with Gasteiger partial charge in [0.25, 0.3) is 0 Å². The van der Waals surface area contributed by atoms with Crippen molar-refractivity contribution >= 4 is 28.4 Å². The molecule has 7 heteroatoms. The molecule has 2 amide bonds. The van der Waals surface area contributed by atoms with Crippen LogP contribution in [0.4, 0.5) is 16.2 Å². The number of fused-ring (bicyclic) bond motifs is 1. The topological polar surface area (TPSA) is 71.3 Å². The molecule has 2 N–H and O–H groups in total. The van der Waals surface area contributed by atoms with Gasteiger partial charge in [0.1, 0.15) is 0 Å². The fraction of sp³-hybridized carbons (Fsp3) is 0.556. The molecule has 0 saturated carbocycles. The Hall–Kier alpha value is -2.44. The van der Waals surface area contributed by atoms with Crippen molar-refractivity contribution in [1.82, 2.24) is 14.5 Å². The van der Waals surface area contributed by atoms with Crippen LogP contribution in [-0.4, -0.2) is 34.8 Å². The van der Waals surface area contributed by atoms with Crippen LogP contribution in [0.3, 0.4) is 0 Å². The Morgan fingerprint density at radius 3 is 2.32 bits per heavy atom. The number of aryl methyl sites for hydroxylation is 2. The van der Waals surface area contributed by atoms with E-state index in [0.29, 0.717) is 12.5 Å². The van der Waals surface area contributed by atoms with E-state index in [-0.39, 0.29) is 11.7 Å². The zero-order valence-corrected chi connectivity index (χ0v) is 15.4.